The van der Waals surface area contributed by atoms with E-state index < -0.39 is 5.97 Å². The lowest BCUT2D eigenvalue weighted by Crippen LogP contribution is -1.94. The molecule has 0 aliphatic rings. The quantitative estimate of drug-likeness (QED) is 0.519. The Morgan fingerprint density at radius 2 is 2.12 bits per heavy atom. The molecule has 16 heavy (non-hydrogen) atoms. The molecule has 0 fully saturated rings. The van der Waals surface area contributed by atoms with Crippen molar-refractivity contribution in [2.75, 3.05) is 14.2 Å². The molecule has 0 saturated carbocycles. The van der Waals surface area contributed by atoms with Crippen molar-refractivity contribution in [2.45, 2.75) is 0 Å². The smallest absolute Gasteiger partial charge is 0.384 e. The summed E-state index contributed by atoms with van der Waals surface area (Å²) >= 11 is 0. The van der Waals surface area contributed by atoms with E-state index in [9.17, 15) is 4.79 Å². The third kappa shape index (κ3) is 2.76. The van der Waals surface area contributed by atoms with Gasteiger partial charge in [0.1, 0.15) is 11.8 Å². The molecule has 4 nitrogen and oxygen atoms in total. The molecule has 0 aliphatic heterocycles. The molecule has 1 rings (SSSR count). The second-order valence-corrected chi connectivity index (χ2v) is 2.77. The predicted octanol–water partition coefficient (Wildman–Crippen LogP) is 1.09. The monoisotopic (exact) mass is 215 g/mol. The van der Waals surface area contributed by atoms with E-state index in [1.165, 1.54) is 14.2 Å². The Bertz CT molecular complexity index is 503. The van der Waals surface area contributed by atoms with Crippen LogP contribution < -0.4 is 4.74 Å². The fourth-order valence-corrected chi connectivity index (χ4v) is 1.04. The Kier molecular flexibility index (Phi) is 3.94. The van der Waals surface area contributed by atoms with Crippen LogP contribution in [0, 0.1) is 23.2 Å². The van der Waals surface area contributed by atoms with Crippen LogP contribution in [0.1, 0.15) is 11.1 Å². The predicted molar refractivity (Wildman–Crippen MR) is 56.6 cm³/mol. The first-order chi connectivity index (χ1) is 7.71. The zero-order valence-corrected chi connectivity index (χ0v) is 8.90. The summed E-state index contributed by atoms with van der Waals surface area (Å²) in [5, 5.41) is 8.76. The van der Waals surface area contributed by atoms with Crippen molar-refractivity contribution >= 4 is 5.97 Å². The highest BCUT2D eigenvalue weighted by molar-refractivity contribution is 5.89. The highest BCUT2D eigenvalue weighted by atomic mass is 16.5. The molecule has 0 radical (unpaired) electrons. The van der Waals surface area contributed by atoms with E-state index in [0.29, 0.717) is 16.9 Å². The van der Waals surface area contributed by atoms with E-state index in [1.807, 2.05) is 6.07 Å². The van der Waals surface area contributed by atoms with Crippen molar-refractivity contribution in [1.29, 1.82) is 5.26 Å². The molecule has 0 aromatic heterocycles. The first-order valence-corrected chi connectivity index (χ1v) is 4.39. The van der Waals surface area contributed by atoms with Crippen LogP contribution in [0.5, 0.6) is 5.75 Å². The minimum Gasteiger partial charge on any atom is -0.495 e. The Morgan fingerprint density at radius 3 is 2.69 bits per heavy atom. The van der Waals surface area contributed by atoms with E-state index in [4.69, 9.17) is 10.00 Å². The Balaban J connectivity index is 3.04. The topological polar surface area (TPSA) is 59.3 Å². The number of methoxy groups -OCH3 is 2. The molecule has 1 aromatic carbocycles. The third-order valence-electron chi connectivity index (χ3n) is 1.82. The second kappa shape index (κ2) is 5.43. The molecule has 80 valence electrons. The van der Waals surface area contributed by atoms with E-state index in [2.05, 4.69) is 16.6 Å². The van der Waals surface area contributed by atoms with Gasteiger partial charge in [-0.3, -0.25) is 0 Å². The summed E-state index contributed by atoms with van der Waals surface area (Å²) in [4.78, 5) is 10.8. The summed E-state index contributed by atoms with van der Waals surface area (Å²) in [6.45, 7) is 0. The fraction of sp³-hybridized carbons (Fsp3) is 0.167. The number of carbonyl (C=O) groups is 1. The van der Waals surface area contributed by atoms with Crippen molar-refractivity contribution in [3.8, 4) is 23.7 Å². The van der Waals surface area contributed by atoms with Gasteiger partial charge in [-0.2, -0.15) is 5.26 Å². The van der Waals surface area contributed by atoms with Gasteiger partial charge in [0.05, 0.1) is 19.8 Å². The number of rotatable bonds is 1. The molecule has 0 aliphatic carbocycles. The largest absolute Gasteiger partial charge is 0.495 e. The van der Waals surface area contributed by atoms with Gasteiger partial charge >= 0.3 is 5.97 Å². The van der Waals surface area contributed by atoms with Crippen molar-refractivity contribution in [3.63, 3.8) is 0 Å². The first kappa shape index (κ1) is 11.6. The molecule has 0 heterocycles. The zero-order valence-electron chi connectivity index (χ0n) is 8.90. The van der Waals surface area contributed by atoms with Crippen molar-refractivity contribution in [2.24, 2.45) is 0 Å². The van der Waals surface area contributed by atoms with Gasteiger partial charge in [0.2, 0.25) is 0 Å². The number of nitriles is 1. The Labute approximate surface area is 93.4 Å². The van der Waals surface area contributed by atoms with Crippen LogP contribution in [0.2, 0.25) is 0 Å². The number of nitrogens with zero attached hydrogens (tertiary/aromatic N) is 1. The van der Waals surface area contributed by atoms with Gasteiger partial charge in [0.25, 0.3) is 0 Å². The van der Waals surface area contributed by atoms with Gasteiger partial charge in [-0.15, -0.1) is 0 Å². The maximum absolute atomic E-state index is 10.8. The average Bonchev–Trinajstić information content (AvgIpc) is 2.35. The minimum atomic E-state index is -0.608. The summed E-state index contributed by atoms with van der Waals surface area (Å²) < 4.78 is 9.38. The number of hydrogen-bond acceptors (Lipinski definition) is 4. The zero-order chi connectivity index (χ0) is 12.0. The number of hydrogen-bond donors (Lipinski definition) is 0. The van der Waals surface area contributed by atoms with E-state index in [-0.39, 0.29) is 0 Å². The number of benzene rings is 1. The van der Waals surface area contributed by atoms with Crippen LogP contribution in [-0.2, 0) is 9.53 Å². The molecule has 0 saturated heterocycles. The van der Waals surface area contributed by atoms with Gasteiger partial charge in [-0.25, -0.2) is 4.79 Å². The average molecular weight is 215 g/mol. The van der Waals surface area contributed by atoms with Crippen molar-refractivity contribution in [1.82, 2.24) is 0 Å². The van der Waals surface area contributed by atoms with E-state index in [1.54, 1.807) is 18.2 Å². The SMILES string of the molecule is COC(=O)C#Cc1ccc(C#N)c(OC)c1. The first-order valence-electron chi connectivity index (χ1n) is 4.39. The van der Waals surface area contributed by atoms with E-state index in [0.717, 1.165) is 0 Å². The van der Waals surface area contributed by atoms with Crippen molar-refractivity contribution < 1.29 is 14.3 Å². The maximum atomic E-state index is 10.8. The lowest BCUT2D eigenvalue weighted by Gasteiger charge is -2.01. The normalized spacial score (nSPS) is 8.31. The number of ether oxygens (including phenoxy) is 2. The van der Waals surface area contributed by atoms with Crippen LogP contribution in [-0.4, -0.2) is 20.2 Å². The molecule has 0 atom stereocenters. The highest BCUT2D eigenvalue weighted by Crippen LogP contribution is 2.18. The number of esters is 1. The Hall–Kier alpha value is -2.46. The second-order valence-electron chi connectivity index (χ2n) is 2.77. The van der Waals surface area contributed by atoms with Gasteiger partial charge in [-0.05, 0) is 18.2 Å². The molecular formula is C12H9NO3. The molecule has 4 heteroatoms. The fourth-order valence-electron chi connectivity index (χ4n) is 1.04. The van der Waals surface area contributed by atoms with Crippen LogP contribution in [0.15, 0.2) is 18.2 Å². The lowest BCUT2D eigenvalue weighted by molar-refractivity contribution is -0.133. The summed E-state index contributed by atoms with van der Waals surface area (Å²) in [6, 6.07) is 6.80. The van der Waals surface area contributed by atoms with Gasteiger partial charge < -0.3 is 9.47 Å². The summed E-state index contributed by atoms with van der Waals surface area (Å²) in [7, 11) is 2.73. The van der Waals surface area contributed by atoms with Gasteiger partial charge in [-0.1, -0.05) is 5.92 Å². The molecular weight excluding hydrogens is 206 g/mol. The summed E-state index contributed by atoms with van der Waals surface area (Å²) in [5.41, 5.74) is 1.01. The van der Waals surface area contributed by atoms with Crippen LogP contribution in [0.4, 0.5) is 0 Å². The maximum Gasteiger partial charge on any atom is 0.384 e. The molecule has 0 N–H and O–H groups in total. The summed E-state index contributed by atoms with van der Waals surface area (Å²) in [5.74, 6) is 4.72. The lowest BCUT2D eigenvalue weighted by atomic mass is 10.1. The van der Waals surface area contributed by atoms with Crippen LogP contribution in [0.25, 0.3) is 0 Å². The van der Waals surface area contributed by atoms with E-state index >= 15 is 0 Å². The molecule has 0 amide bonds. The van der Waals surface area contributed by atoms with Gasteiger partial charge in [0, 0.05) is 11.5 Å². The van der Waals surface area contributed by atoms with Crippen LogP contribution >= 0.6 is 0 Å². The molecule has 1 aromatic rings. The molecule has 0 unspecified atom stereocenters. The summed E-state index contributed by atoms with van der Waals surface area (Å²) in [6.07, 6.45) is 0. The van der Waals surface area contributed by atoms with Gasteiger partial charge in [0.15, 0.2) is 0 Å². The number of carbonyl (C=O) groups excluding carboxylic acids is 1. The van der Waals surface area contributed by atoms with Crippen LogP contribution in [0.3, 0.4) is 0 Å². The Morgan fingerprint density at radius 1 is 1.38 bits per heavy atom. The standard InChI is InChI=1S/C12H9NO3/c1-15-11-7-9(3-5-10(11)8-13)4-6-12(14)16-2/h3,5,7H,1-2H3. The third-order valence-corrected chi connectivity index (χ3v) is 1.82. The van der Waals surface area contributed by atoms with Crippen molar-refractivity contribution in [3.05, 3.63) is 29.3 Å². The highest BCUT2D eigenvalue weighted by Gasteiger charge is 2.02. The molecule has 0 spiro atoms. The minimum absolute atomic E-state index is 0.422. The molecule has 0 bridgehead atoms.